The Labute approximate surface area is 105 Å². The van der Waals surface area contributed by atoms with Gasteiger partial charge in [-0.25, -0.2) is 0 Å². The maximum atomic E-state index is 9.57. The summed E-state index contributed by atoms with van der Waals surface area (Å²) in [5.41, 5.74) is 0. The van der Waals surface area contributed by atoms with Crippen LogP contribution in [0, 0.1) is 17.2 Å². The number of nitriles is 1. The molecular weight excluding hydrogens is 250 g/mol. The van der Waals surface area contributed by atoms with Crippen LogP contribution in [0.3, 0.4) is 0 Å². The molecule has 2 unspecified atom stereocenters. The lowest BCUT2D eigenvalue weighted by atomic mass is 9.98. The van der Waals surface area contributed by atoms with Crippen LogP contribution < -0.4 is 0 Å². The first kappa shape index (κ1) is 15.2. The number of hydrogen-bond donors (Lipinski definition) is 3. The molecule has 86 valence electrons. The van der Waals surface area contributed by atoms with Gasteiger partial charge in [-0.05, 0) is 19.3 Å². The second-order valence-electron chi connectivity index (χ2n) is 3.16. The molecule has 0 aliphatic heterocycles. The van der Waals surface area contributed by atoms with Crippen molar-refractivity contribution >= 4 is 40.1 Å². The number of nitrogens with zero attached hydrogens (tertiary/aromatic N) is 1. The normalized spacial score (nSPS) is 14.3. The Bertz CT molecular complexity index is 230. The molecule has 0 aromatic carbocycles. The summed E-state index contributed by atoms with van der Waals surface area (Å²) < 4.78 is 0.498. The minimum atomic E-state index is -0.538. The number of thiol groups is 1. The van der Waals surface area contributed by atoms with Crippen molar-refractivity contribution in [1.29, 1.82) is 5.26 Å². The number of thioether (sulfide) groups is 1. The molecule has 0 fully saturated rings. The van der Waals surface area contributed by atoms with E-state index in [4.69, 9.17) is 22.6 Å². The number of rotatable bonds is 7. The molecule has 0 aromatic heterocycles. The Morgan fingerprint density at radius 3 is 2.73 bits per heavy atom. The van der Waals surface area contributed by atoms with Gasteiger partial charge in [0.2, 0.25) is 0 Å². The van der Waals surface area contributed by atoms with Gasteiger partial charge >= 0.3 is 0 Å². The second kappa shape index (κ2) is 9.43. The van der Waals surface area contributed by atoms with Crippen LogP contribution in [0.1, 0.15) is 19.3 Å². The van der Waals surface area contributed by atoms with Gasteiger partial charge in [-0.2, -0.15) is 5.26 Å². The predicted molar refractivity (Wildman–Crippen MR) is 70.1 cm³/mol. The lowest BCUT2D eigenvalue weighted by molar-refractivity contribution is 0.170. The third kappa shape index (κ3) is 9.15. The third-order valence-corrected chi connectivity index (χ3v) is 3.39. The monoisotopic (exact) mass is 265 g/mol. The van der Waals surface area contributed by atoms with Gasteiger partial charge in [0.25, 0.3) is 0 Å². The summed E-state index contributed by atoms with van der Waals surface area (Å²) in [6, 6.07) is 2.12. The first-order valence-electron chi connectivity index (χ1n) is 4.64. The van der Waals surface area contributed by atoms with E-state index in [1.807, 2.05) is 0 Å². The van der Waals surface area contributed by atoms with E-state index in [-0.39, 0.29) is 12.5 Å². The van der Waals surface area contributed by atoms with E-state index >= 15 is 0 Å². The lowest BCUT2D eigenvalue weighted by Crippen LogP contribution is -2.16. The van der Waals surface area contributed by atoms with E-state index in [0.717, 1.165) is 0 Å². The molecule has 0 saturated heterocycles. The molecule has 2 N–H and O–H groups in total. The summed E-state index contributed by atoms with van der Waals surface area (Å²) in [5.74, 6) is 0.279. The van der Waals surface area contributed by atoms with Crippen molar-refractivity contribution in [3.63, 3.8) is 0 Å². The highest BCUT2D eigenvalue weighted by atomic mass is 32.2. The summed E-state index contributed by atoms with van der Waals surface area (Å²) in [6.07, 6.45) is 1.12. The quantitative estimate of drug-likeness (QED) is 0.482. The summed E-state index contributed by atoms with van der Waals surface area (Å²) in [5, 5.41) is 27.0. The molecule has 3 nitrogen and oxygen atoms in total. The maximum absolute atomic E-state index is 9.57. The average Bonchev–Trinajstić information content (AvgIpc) is 2.21. The second-order valence-corrected chi connectivity index (χ2v) is 5.91. The Kier molecular flexibility index (Phi) is 9.55. The van der Waals surface area contributed by atoms with Crippen molar-refractivity contribution in [2.45, 2.75) is 25.4 Å². The fraction of sp³-hybridized carbons (Fsp3) is 0.778. The standard InChI is InChI=1S/C9H15NO2S3/c10-5-7(2-1-3-11)4-8(12)6-15-9(13)14/h7-8,11-12H,1-4,6H2,(H,13,14). The fourth-order valence-electron chi connectivity index (χ4n) is 1.14. The molecule has 0 heterocycles. The molecule has 0 radical (unpaired) electrons. The highest BCUT2D eigenvalue weighted by Gasteiger charge is 2.14. The van der Waals surface area contributed by atoms with Crippen LogP contribution in [0.5, 0.6) is 0 Å². The predicted octanol–water partition coefficient (Wildman–Crippen LogP) is 1.60. The van der Waals surface area contributed by atoms with Crippen LogP contribution in [-0.2, 0) is 0 Å². The number of thiocarbonyl (C=S) groups is 1. The minimum absolute atomic E-state index is 0.0871. The first-order valence-corrected chi connectivity index (χ1v) is 6.48. The third-order valence-electron chi connectivity index (χ3n) is 1.85. The summed E-state index contributed by atoms with van der Waals surface area (Å²) >= 11 is 9.97. The van der Waals surface area contributed by atoms with Gasteiger partial charge in [-0.15, -0.1) is 24.4 Å². The van der Waals surface area contributed by atoms with E-state index in [1.54, 1.807) is 0 Å². The Morgan fingerprint density at radius 2 is 2.27 bits per heavy atom. The van der Waals surface area contributed by atoms with Gasteiger partial charge < -0.3 is 10.2 Å². The number of aliphatic hydroxyl groups is 2. The Morgan fingerprint density at radius 1 is 1.60 bits per heavy atom. The molecule has 6 heteroatoms. The molecule has 15 heavy (non-hydrogen) atoms. The van der Waals surface area contributed by atoms with Gasteiger partial charge in [0.05, 0.1) is 12.2 Å². The molecule has 0 aliphatic rings. The van der Waals surface area contributed by atoms with Crippen LogP contribution in [-0.4, -0.2) is 32.2 Å². The molecule has 2 atom stereocenters. The zero-order valence-electron chi connectivity index (χ0n) is 8.30. The van der Waals surface area contributed by atoms with Gasteiger partial charge in [0.15, 0.2) is 0 Å². The first-order chi connectivity index (χ1) is 7.10. The van der Waals surface area contributed by atoms with Gasteiger partial charge in [-0.3, -0.25) is 0 Å². The number of hydrogen-bond acceptors (Lipinski definition) is 5. The van der Waals surface area contributed by atoms with E-state index < -0.39 is 6.10 Å². The summed E-state index contributed by atoms with van der Waals surface area (Å²) in [4.78, 5) is 0. The minimum Gasteiger partial charge on any atom is -0.396 e. The SMILES string of the molecule is N#CC(CCCO)CC(O)CSC(=S)S. The number of aliphatic hydroxyl groups excluding tert-OH is 2. The smallest absolute Gasteiger partial charge is 0.101 e. The van der Waals surface area contributed by atoms with E-state index in [0.29, 0.717) is 28.5 Å². The molecule has 0 spiro atoms. The van der Waals surface area contributed by atoms with Crippen molar-refractivity contribution in [2.75, 3.05) is 12.4 Å². The summed E-state index contributed by atoms with van der Waals surface area (Å²) in [6.45, 7) is 0.0871. The van der Waals surface area contributed by atoms with Crippen LogP contribution >= 0.6 is 36.6 Å². The van der Waals surface area contributed by atoms with Gasteiger partial charge in [0.1, 0.15) is 3.53 Å². The maximum Gasteiger partial charge on any atom is 0.101 e. The molecule has 0 aromatic rings. The van der Waals surface area contributed by atoms with Crippen LogP contribution in [0.25, 0.3) is 0 Å². The van der Waals surface area contributed by atoms with Crippen molar-refractivity contribution in [3.8, 4) is 6.07 Å². The van der Waals surface area contributed by atoms with Crippen LogP contribution in [0.2, 0.25) is 0 Å². The summed E-state index contributed by atoms with van der Waals surface area (Å²) in [7, 11) is 0. The molecule has 0 rings (SSSR count). The largest absolute Gasteiger partial charge is 0.396 e. The highest BCUT2D eigenvalue weighted by Crippen LogP contribution is 2.17. The average molecular weight is 265 g/mol. The fourth-order valence-corrected chi connectivity index (χ4v) is 2.04. The zero-order valence-corrected chi connectivity index (χ0v) is 10.8. The Balaban J connectivity index is 3.75. The van der Waals surface area contributed by atoms with E-state index in [1.165, 1.54) is 11.8 Å². The van der Waals surface area contributed by atoms with Gasteiger partial charge in [-0.1, -0.05) is 12.2 Å². The van der Waals surface area contributed by atoms with Gasteiger partial charge in [0, 0.05) is 18.3 Å². The molecule has 0 aliphatic carbocycles. The van der Waals surface area contributed by atoms with Crippen LogP contribution in [0.15, 0.2) is 0 Å². The Hall–Kier alpha value is 0.200. The zero-order chi connectivity index (χ0) is 11.7. The topological polar surface area (TPSA) is 64.2 Å². The van der Waals surface area contributed by atoms with E-state index in [9.17, 15) is 5.11 Å². The molecular formula is C9H15NO2S3. The molecule has 0 amide bonds. The molecule has 0 saturated carbocycles. The van der Waals surface area contributed by atoms with E-state index in [2.05, 4.69) is 18.7 Å². The lowest BCUT2D eigenvalue weighted by Gasteiger charge is -2.13. The van der Waals surface area contributed by atoms with Crippen molar-refractivity contribution in [2.24, 2.45) is 5.92 Å². The van der Waals surface area contributed by atoms with Crippen LogP contribution in [0.4, 0.5) is 0 Å². The van der Waals surface area contributed by atoms with Crippen molar-refractivity contribution < 1.29 is 10.2 Å². The van der Waals surface area contributed by atoms with Crippen molar-refractivity contribution in [3.05, 3.63) is 0 Å². The highest BCUT2D eigenvalue weighted by molar-refractivity contribution is 8.41. The molecule has 0 bridgehead atoms. The van der Waals surface area contributed by atoms with Crippen molar-refractivity contribution in [1.82, 2.24) is 0 Å².